The topological polar surface area (TPSA) is 46.4 Å². The van der Waals surface area contributed by atoms with Crippen LogP contribution in [0, 0.1) is 5.92 Å². The highest BCUT2D eigenvalue weighted by Crippen LogP contribution is 2.63. The molecule has 2 saturated carbocycles. The van der Waals surface area contributed by atoms with E-state index in [2.05, 4.69) is 24.1 Å². The fourth-order valence-corrected chi connectivity index (χ4v) is 6.99. The van der Waals surface area contributed by atoms with Gasteiger partial charge in [0.15, 0.2) is 11.5 Å². The van der Waals surface area contributed by atoms with Crippen molar-refractivity contribution >= 4 is 11.4 Å². The molecule has 0 amide bonds. The summed E-state index contributed by atoms with van der Waals surface area (Å²) in [5.41, 5.74) is 5.39. The number of hydrogen-bond donors (Lipinski definition) is 0. The number of ether oxygens (including phenoxy) is 2. The Labute approximate surface area is 173 Å². The van der Waals surface area contributed by atoms with Crippen LogP contribution in [0.25, 0.3) is 0 Å². The van der Waals surface area contributed by atoms with Gasteiger partial charge in [0.25, 0.3) is 0 Å². The molecular formula is C24H31N3O2. The van der Waals surface area contributed by atoms with E-state index in [4.69, 9.17) is 19.7 Å². The Hall–Kier alpha value is -1.88. The molecule has 1 aromatic carbocycles. The first-order valence-corrected chi connectivity index (χ1v) is 11.4. The minimum Gasteiger partial charge on any atom is -0.493 e. The zero-order valence-electron chi connectivity index (χ0n) is 17.6. The van der Waals surface area contributed by atoms with Gasteiger partial charge in [0.2, 0.25) is 0 Å². The van der Waals surface area contributed by atoms with Crippen LogP contribution in [0.15, 0.2) is 22.3 Å². The minimum absolute atomic E-state index is 0.0238. The number of hydrogen-bond acceptors (Lipinski definition) is 5. The van der Waals surface area contributed by atoms with Gasteiger partial charge in [-0.3, -0.25) is 0 Å². The summed E-state index contributed by atoms with van der Waals surface area (Å²) in [6.45, 7) is 1.12. The van der Waals surface area contributed by atoms with Gasteiger partial charge in [0, 0.05) is 22.7 Å². The van der Waals surface area contributed by atoms with E-state index in [1.54, 1.807) is 7.11 Å². The summed E-state index contributed by atoms with van der Waals surface area (Å²) in [6, 6.07) is 4.98. The second-order valence-electron chi connectivity index (χ2n) is 9.63. The number of likely N-dealkylation sites (tertiary alicyclic amines) is 1. The lowest BCUT2D eigenvalue weighted by Crippen LogP contribution is -2.65. The van der Waals surface area contributed by atoms with Crippen molar-refractivity contribution in [3.63, 3.8) is 0 Å². The van der Waals surface area contributed by atoms with Gasteiger partial charge in [-0.15, -0.1) is 0 Å². The molecule has 2 aliphatic heterocycles. The Kier molecular flexibility index (Phi) is 4.06. The van der Waals surface area contributed by atoms with Crippen molar-refractivity contribution in [2.45, 2.75) is 75.3 Å². The monoisotopic (exact) mass is 393 g/mol. The quantitative estimate of drug-likeness (QED) is 0.710. The summed E-state index contributed by atoms with van der Waals surface area (Å²) in [6.07, 6.45) is 10.6. The summed E-state index contributed by atoms with van der Waals surface area (Å²) in [5, 5.41) is 9.60. The molecule has 5 nitrogen and oxygen atoms in total. The fraction of sp³-hybridized carbons (Fsp3) is 0.667. The van der Waals surface area contributed by atoms with Crippen LogP contribution >= 0.6 is 0 Å². The van der Waals surface area contributed by atoms with Gasteiger partial charge in [-0.05, 0) is 82.5 Å². The molecule has 5 aliphatic rings. The second kappa shape index (κ2) is 6.56. The molecule has 0 radical (unpaired) electrons. The van der Waals surface area contributed by atoms with Crippen molar-refractivity contribution in [1.29, 1.82) is 0 Å². The standard InChI is InChI=1S/C24H31N3O2/c1-27-13-12-24-17-9-10-18(26-25-16-6-4-3-5-7-16)23(24)29-22-20(28-2)11-8-15(21(22)24)14-19(17)27/h8,11,17,19,23H,3-7,9-10,12-14H2,1-2H3/b26-18+/t17-,19+,23-,24-/m0/s1. The summed E-state index contributed by atoms with van der Waals surface area (Å²) in [5.74, 6) is 2.50. The lowest BCUT2D eigenvalue weighted by atomic mass is 9.51. The van der Waals surface area contributed by atoms with E-state index in [1.165, 1.54) is 42.5 Å². The van der Waals surface area contributed by atoms with E-state index in [-0.39, 0.29) is 11.5 Å². The highest BCUT2D eigenvalue weighted by molar-refractivity contribution is 5.94. The SMILES string of the molecule is COc1ccc2c3c1O[C@H]1/C(=N/N=C4CCCCC4)CC[C@H]4[C@@H](C2)N(C)CC[C@]314. The van der Waals surface area contributed by atoms with Gasteiger partial charge in [0.05, 0.1) is 12.8 Å². The van der Waals surface area contributed by atoms with Crippen molar-refractivity contribution in [1.82, 2.24) is 4.90 Å². The molecule has 4 atom stereocenters. The first kappa shape index (κ1) is 17.9. The molecule has 2 bridgehead atoms. The maximum absolute atomic E-state index is 6.74. The Balaban J connectivity index is 1.47. The van der Waals surface area contributed by atoms with Crippen molar-refractivity contribution in [2.75, 3.05) is 20.7 Å². The molecule has 1 aromatic rings. The van der Waals surface area contributed by atoms with Crippen molar-refractivity contribution < 1.29 is 9.47 Å². The number of likely N-dealkylation sites (N-methyl/N-ethyl adjacent to an activating group) is 1. The van der Waals surface area contributed by atoms with Gasteiger partial charge < -0.3 is 14.4 Å². The van der Waals surface area contributed by atoms with Gasteiger partial charge in [-0.25, -0.2) is 0 Å². The smallest absolute Gasteiger partial charge is 0.166 e. The maximum Gasteiger partial charge on any atom is 0.166 e. The number of benzene rings is 1. The lowest BCUT2D eigenvalue weighted by molar-refractivity contribution is -0.00695. The molecule has 1 saturated heterocycles. The normalized spacial score (nSPS) is 36.6. The van der Waals surface area contributed by atoms with Gasteiger partial charge >= 0.3 is 0 Å². The van der Waals surface area contributed by atoms with E-state index in [0.29, 0.717) is 12.0 Å². The summed E-state index contributed by atoms with van der Waals surface area (Å²) in [4.78, 5) is 2.59. The Morgan fingerprint density at radius 2 is 2.00 bits per heavy atom. The van der Waals surface area contributed by atoms with Crippen LogP contribution in [0.5, 0.6) is 11.5 Å². The average Bonchev–Trinajstić information content (AvgIpc) is 3.11. The largest absolute Gasteiger partial charge is 0.493 e. The summed E-state index contributed by atoms with van der Waals surface area (Å²) >= 11 is 0. The van der Waals surface area contributed by atoms with Crippen LogP contribution in [-0.4, -0.2) is 49.2 Å². The molecule has 3 aliphatic carbocycles. The number of rotatable bonds is 2. The summed E-state index contributed by atoms with van der Waals surface area (Å²) < 4.78 is 12.5. The third kappa shape index (κ3) is 2.43. The molecule has 29 heavy (non-hydrogen) atoms. The van der Waals surface area contributed by atoms with Crippen molar-refractivity contribution in [2.24, 2.45) is 16.1 Å². The van der Waals surface area contributed by atoms with E-state index < -0.39 is 0 Å². The van der Waals surface area contributed by atoms with Crippen LogP contribution in [0.2, 0.25) is 0 Å². The average molecular weight is 394 g/mol. The molecule has 154 valence electrons. The fourth-order valence-electron chi connectivity index (χ4n) is 6.99. The number of methoxy groups -OCH3 is 1. The van der Waals surface area contributed by atoms with Gasteiger partial charge in [-0.1, -0.05) is 12.5 Å². The van der Waals surface area contributed by atoms with E-state index >= 15 is 0 Å². The molecular weight excluding hydrogens is 362 g/mol. The van der Waals surface area contributed by atoms with Crippen LogP contribution in [0.1, 0.15) is 62.5 Å². The first-order chi connectivity index (χ1) is 14.2. The van der Waals surface area contributed by atoms with E-state index in [0.717, 1.165) is 55.9 Å². The lowest BCUT2D eigenvalue weighted by Gasteiger charge is -2.57. The molecule has 0 unspecified atom stereocenters. The minimum atomic E-state index is 0.0238. The summed E-state index contributed by atoms with van der Waals surface area (Å²) in [7, 11) is 4.06. The highest BCUT2D eigenvalue weighted by atomic mass is 16.5. The Morgan fingerprint density at radius 3 is 2.83 bits per heavy atom. The van der Waals surface area contributed by atoms with E-state index in [1.807, 2.05) is 0 Å². The third-order valence-electron chi connectivity index (χ3n) is 8.36. The maximum atomic E-state index is 6.74. The molecule has 5 heteroatoms. The Bertz CT molecular complexity index is 900. The number of nitrogens with zero attached hydrogens (tertiary/aromatic N) is 3. The molecule has 0 aromatic heterocycles. The zero-order chi connectivity index (χ0) is 19.6. The van der Waals surface area contributed by atoms with Crippen molar-refractivity contribution in [3.8, 4) is 11.5 Å². The molecule has 3 fully saturated rings. The van der Waals surface area contributed by atoms with Crippen LogP contribution in [0.3, 0.4) is 0 Å². The second-order valence-corrected chi connectivity index (χ2v) is 9.63. The van der Waals surface area contributed by atoms with Crippen LogP contribution < -0.4 is 9.47 Å². The molecule has 0 N–H and O–H groups in total. The van der Waals surface area contributed by atoms with Crippen LogP contribution in [-0.2, 0) is 11.8 Å². The first-order valence-electron chi connectivity index (χ1n) is 11.4. The molecule has 2 heterocycles. The van der Waals surface area contributed by atoms with E-state index in [9.17, 15) is 0 Å². The predicted octanol–water partition coefficient (Wildman–Crippen LogP) is 4.13. The van der Waals surface area contributed by atoms with Gasteiger partial charge in [0.1, 0.15) is 6.10 Å². The predicted molar refractivity (Wildman–Crippen MR) is 115 cm³/mol. The van der Waals surface area contributed by atoms with Crippen molar-refractivity contribution in [3.05, 3.63) is 23.3 Å². The number of piperidine rings is 1. The zero-order valence-corrected chi connectivity index (χ0v) is 17.6. The molecule has 6 rings (SSSR count). The van der Waals surface area contributed by atoms with Crippen LogP contribution in [0.4, 0.5) is 0 Å². The van der Waals surface area contributed by atoms with Gasteiger partial charge in [-0.2, -0.15) is 10.2 Å². The third-order valence-corrected chi connectivity index (χ3v) is 8.36. The molecule has 1 spiro atoms. The highest BCUT2D eigenvalue weighted by Gasteiger charge is 2.65. The Morgan fingerprint density at radius 1 is 1.14 bits per heavy atom.